The van der Waals surface area contributed by atoms with Crippen LogP contribution in [0.1, 0.15) is 28.9 Å². The number of carbonyl (C=O) groups excluding carboxylic acids is 1. The third kappa shape index (κ3) is 3.01. The number of hydrogen-bond acceptors (Lipinski definition) is 3. The van der Waals surface area contributed by atoms with E-state index in [2.05, 4.69) is 19.8 Å². The van der Waals surface area contributed by atoms with E-state index < -0.39 is 0 Å². The Kier molecular flexibility index (Phi) is 3.87. The summed E-state index contributed by atoms with van der Waals surface area (Å²) in [5, 5.41) is 0. The average molecular weight is 310 g/mol. The average Bonchev–Trinajstić information content (AvgIpc) is 2.93. The van der Waals surface area contributed by atoms with Crippen molar-refractivity contribution in [1.82, 2.24) is 19.8 Å². The molecule has 1 aromatic heterocycles. The Hall–Kier alpha value is -2.14. The molecule has 1 amide bonds. The van der Waals surface area contributed by atoms with Crippen LogP contribution in [0.2, 0.25) is 0 Å². The molecule has 0 radical (unpaired) electrons. The summed E-state index contributed by atoms with van der Waals surface area (Å²) in [6.07, 6.45) is 6.03. The van der Waals surface area contributed by atoms with Crippen LogP contribution in [0.15, 0.2) is 42.9 Å². The number of nitrogens with one attached hydrogen (secondary N) is 1. The van der Waals surface area contributed by atoms with Crippen molar-refractivity contribution in [3.63, 3.8) is 0 Å². The topological polar surface area (TPSA) is 52.2 Å². The van der Waals surface area contributed by atoms with E-state index in [0.717, 1.165) is 37.4 Å². The van der Waals surface area contributed by atoms with Gasteiger partial charge in [-0.25, -0.2) is 4.98 Å². The zero-order valence-electron chi connectivity index (χ0n) is 13.2. The Labute approximate surface area is 136 Å². The zero-order chi connectivity index (χ0) is 15.6. The molecular weight excluding hydrogens is 288 g/mol. The molecule has 2 aromatic rings. The quantitative estimate of drug-likeness (QED) is 0.945. The van der Waals surface area contributed by atoms with Gasteiger partial charge in [0.15, 0.2) is 0 Å². The predicted octanol–water partition coefficient (Wildman–Crippen LogP) is 2.15. The standard InChI is InChI=1S/C18H22N4O/c23-18(15-4-2-1-3-5-15)22-10-14-6-7-17(12-22)21(9-14)11-16-8-19-13-20-16/h1-5,8,13-14,17H,6-7,9-12H2,(H,19,20)/t14-,17-/m1/s1. The lowest BCUT2D eigenvalue weighted by Crippen LogP contribution is -2.44. The summed E-state index contributed by atoms with van der Waals surface area (Å²) in [5.41, 5.74) is 1.95. The minimum atomic E-state index is 0.172. The first-order valence-corrected chi connectivity index (χ1v) is 8.35. The molecule has 0 spiro atoms. The SMILES string of the molecule is O=C(c1ccccc1)N1C[C@@H]2CC[C@H](C1)N(Cc1cnc[nH]1)C2. The van der Waals surface area contributed by atoms with Crippen LogP contribution in [0, 0.1) is 5.92 Å². The van der Waals surface area contributed by atoms with Crippen molar-refractivity contribution in [2.45, 2.75) is 25.4 Å². The zero-order valence-corrected chi connectivity index (χ0v) is 13.2. The molecule has 3 fully saturated rings. The Morgan fingerprint density at radius 1 is 1.17 bits per heavy atom. The van der Waals surface area contributed by atoms with E-state index in [1.54, 1.807) is 6.33 Å². The van der Waals surface area contributed by atoms with Crippen molar-refractivity contribution in [3.05, 3.63) is 54.1 Å². The van der Waals surface area contributed by atoms with Crippen LogP contribution in [0.5, 0.6) is 0 Å². The molecule has 5 nitrogen and oxygen atoms in total. The maximum absolute atomic E-state index is 12.8. The molecule has 3 aliphatic rings. The first kappa shape index (κ1) is 14.5. The number of nitrogens with zero attached hydrogens (tertiary/aromatic N) is 3. The molecular formula is C18H22N4O. The largest absolute Gasteiger partial charge is 0.347 e. The number of aromatic nitrogens is 2. The Morgan fingerprint density at radius 3 is 2.83 bits per heavy atom. The van der Waals surface area contributed by atoms with Crippen molar-refractivity contribution in [3.8, 4) is 0 Å². The Bertz CT molecular complexity index is 655. The number of rotatable bonds is 3. The number of carbonyl (C=O) groups is 1. The van der Waals surface area contributed by atoms with Gasteiger partial charge >= 0.3 is 0 Å². The van der Waals surface area contributed by atoms with E-state index in [1.807, 2.05) is 36.5 Å². The fraction of sp³-hybridized carbons (Fsp3) is 0.444. The molecule has 5 heteroatoms. The summed E-state index contributed by atoms with van der Waals surface area (Å²) in [7, 11) is 0. The number of aromatic amines is 1. The van der Waals surface area contributed by atoms with E-state index in [0.29, 0.717) is 12.0 Å². The number of hydrogen-bond donors (Lipinski definition) is 1. The van der Waals surface area contributed by atoms with Crippen molar-refractivity contribution in [2.24, 2.45) is 5.92 Å². The van der Waals surface area contributed by atoms with Crippen LogP contribution in [0.25, 0.3) is 0 Å². The smallest absolute Gasteiger partial charge is 0.253 e. The van der Waals surface area contributed by atoms with Gasteiger partial charge in [0.05, 0.1) is 6.33 Å². The molecule has 5 rings (SSSR count). The Morgan fingerprint density at radius 2 is 2.04 bits per heavy atom. The third-order valence-electron chi connectivity index (χ3n) is 5.06. The van der Waals surface area contributed by atoms with Gasteiger partial charge in [-0.2, -0.15) is 0 Å². The fourth-order valence-electron chi connectivity index (χ4n) is 3.89. The van der Waals surface area contributed by atoms with E-state index in [1.165, 1.54) is 12.8 Å². The molecule has 2 atom stereocenters. The summed E-state index contributed by atoms with van der Waals surface area (Å²) in [4.78, 5) is 24.7. The van der Waals surface area contributed by atoms with Crippen LogP contribution < -0.4 is 0 Å². The maximum atomic E-state index is 12.8. The first-order valence-electron chi connectivity index (χ1n) is 8.35. The van der Waals surface area contributed by atoms with Crippen molar-refractivity contribution >= 4 is 5.91 Å². The molecule has 1 aromatic carbocycles. The molecule has 0 unspecified atom stereocenters. The van der Waals surface area contributed by atoms with Crippen molar-refractivity contribution in [2.75, 3.05) is 19.6 Å². The highest BCUT2D eigenvalue weighted by Crippen LogP contribution is 2.29. The minimum Gasteiger partial charge on any atom is -0.347 e. The van der Waals surface area contributed by atoms with E-state index in [4.69, 9.17) is 0 Å². The third-order valence-corrected chi connectivity index (χ3v) is 5.06. The van der Waals surface area contributed by atoms with Crippen LogP contribution in [-0.2, 0) is 6.54 Å². The number of fused-ring (bicyclic) bond motifs is 4. The summed E-state index contributed by atoms with van der Waals surface area (Å²) >= 11 is 0. The minimum absolute atomic E-state index is 0.172. The highest BCUT2D eigenvalue weighted by molar-refractivity contribution is 5.94. The van der Waals surface area contributed by atoms with Gasteiger partial charge in [0.1, 0.15) is 0 Å². The summed E-state index contributed by atoms with van der Waals surface area (Å²) in [5.74, 6) is 0.746. The predicted molar refractivity (Wildman–Crippen MR) is 87.9 cm³/mol. The Balaban J connectivity index is 1.50. The second-order valence-electron chi connectivity index (χ2n) is 6.68. The number of piperidine rings is 1. The van der Waals surface area contributed by atoms with Crippen LogP contribution in [-0.4, -0.2) is 51.4 Å². The van der Waals surface area contributed by atoms with E-state index in [9.17, 15) is 4.79 Å². The van der Waals surface area contributed by atoms with Crippen LogP contribution >= 0.6 is 0 Å². The number of benzene rings is 1. The van der Waals surface area contributed by atoms with Gasteiger partial charge in [-0.1, -0.05) is 18.2 Å². The first-order chi connectivity index (χ1) is 11.3. The molecule has 0 saturated carbocycles. The van der Waals surface area contributed by atoms with Gasteiger partial charge in [0.25, 0.3) is 5.91 Å². The number of H-pyrrole nitrogens is 1. The van der Waals surface area contributed by atoms with Crippen molar-refractivity contribution < 1.29 is 4.79 Å². The van der Waals surface area contributed by atoms with E-state index in [-0.39, 0.29) is 5.91 Å². The lowest BCUT2D eigenvalue weighted by Gasteiger charge is -2.35. The highest BCUT2D eigenvalue weighted by atomic mass is 16.2. The van der Waals surface area contributed by atoms with Crippen molar-refractivity contribution in [1.29, 1.82) is 0 Å². The summed E-state index contributed by atoms with van der Waals surface area (Å²) in [6.45, 7) is 3.68. The lowest BCUT2D eigenvalue weighted by atomic mass is 9.95. The van der Waals surface area contributed by atoms with E-state index >= 15 is 0 Å². The fourth-order valence-corrected chi connectivity index (χ4v) is 3.89. The summed E-state index contributed by atoms with van der Waals surface area (Å²) in [6, 6.07) is 10.1. The van der Waals surface area contributed by atoms with Gasteiger partial charge in [0.2, 0.25) is 0 Å². The molecule has 0 aliphatic carbocycles. The van der Waals surface area contributed by atoms with Crippen LogP contribution in [0.3, 0.4) is 0 Å². The van der Waals surface area contributed by atoms with Gasteiger partial charge < -0.3 is 9.88 Å². The molecule has 120 valence electrons. The maximum Gasteiger partial charge on any atom is 0.253 e. The normalized spacial score (nSPS) is 24.6. The molecule has 2 bridgehead atoms. The van der Waals surface area contributed by atoms with Gasteiger partial charge in [-0.3, -0.25) is 9.69 Å². The van der Waals surface area contributed by atoms with Gasteiger partial charge in [0, 0.05) is 49.7 Å². The van der Waals surface area contributed by atoms with Gasteiger partial charge in [-0.15, -0.1) is 0 Å². The second kappa shape index (κ2) is 6.16. The highest BCUT2D eigenvalue weighted by Gasteiger charge is 2.36. The molecule has 3 aliphatic heterocycles. The number of imidazole rings is 1. The lowest BCUT2D eigenvalue weighted by molar-refractivity contribution is 0.0735. The summed E-state index contributed by atoms with van der Waals surface area (Å²) < 4.78 is 0. The van der Waals surface area contributed by atoms with Gasteiger partial charge in [-0.05, 0) is 30.9 Å². The molecule has 4 heterocycles. The second-order valence-corrected chi connectivity index (χ2v) is 6.68. The monoisotopic (exact) mass is 310 g/mol. The number of amides is 1. The molecule has 3 saturated heterocycles. The molecule has 1 N–H and O–H groups in total. The molecule has 23 heavy (non-hydrogen) atoms. The van der Waals surface area contributed by atoms with Crippen LogP contribution in [0.4, 0.5) is 0 Å².